The van der Waals surface area contributed by atoms with Crippen LogP contribution in [0.5, 0.6) is 0 Å². The van der Waals surface area contributed by atoms with Crippen LogP contribution in [-0.2, 0) is 4.74 Å². The average Bonchev–Trinajstić information content (AvgIpc) is 2.18. The maximum atomic E-state index is 8.85. The molecule has 80 valence electrons. The Morgan fingerprint density at radius 1 is 1.73 bits per heavy atom. The van der Waals surface area contributed by atoms with Crippen molar-refractivity contribution >= 4 is 11.5 Å². The predicted octanol–water partition coefficient (Wildman–Crippen LogP) is 0.982. The van der Waals surface area contributed by atoms with Gasteiger partial charge in [-0.2, -0.15) is 5.26 Å². The summed E-state index contributed by atoms with van der Waals surface area (Å²) in [6.45, 7) is 2.52. The molecule has 1 atom stereocenters. The zero-order valence-electron chi connectivity index (χ0n) is 8.82. The van der Waals surface area contributed by atoms with Gasteiger partial charge in [-0.3, -0.25) is 0 Å². The molecule has 5 heteroatoms. The van der Waals surface area contributed by atoms with Gasteiger partial charge < -0.3 is 15.8 Å². The first-order valence-electron chi connectivity index (χ1n) is 4.58. The minimum Gasteiger partial charge on any atom is -0.384 e. The van der Waals surface area contributed by atoms with Crippen LogP contribution in [0.4, 0.5) is 11.5 Å². The molecule has 0 amide bonds. The Labute approximate surface area is 88.9 Å². The van der Waals surface area contributed by atoms with Crippen LogP contribution in [0.25, 0.3) is 0 Å². The second-order valence-electron chi connectivity index (χ2n) is 3.27. The molecule has 0 aliphatic rings. The van der Waals surface area contributed by atoms with Gasteiger partial charge in [-0.25, -0.2) is 4.98 Å². The molecule has 1 rings (SSSR count). The quantitative estimate of drug-likeness (QED) is 0.767. The normalized spacial score (nSPS) is 11.8. The Balaban J connectivity index is 2.83. The van der Waals surface area contributed by atoms with Gasteiger partial charge in [0.05, 0.1) is 17.9 Å². The van der Waals surface area contributed by atoms with Gasteiger partial charge in [-0.05, 0) is 6.92 Å². The maximum absolute atomic E-state index is 8.85. The summed E-state index contributed by atoms with van der Waals surface area (Å²) >= 11 is 0. The molecule has 0 spiro atoms. The third-order valence-electron chi connectivity index (χ3n) is 1.86. The van der Waals surface area contributed by atoms with E-state index in [-0.39, 0.29) is 6.04 Å². The lowest BCUT2D eigenvalue weighted by Gasteiger charge is -2.15. The van der Waals surface area contributed by atoms with Gasteiger partial charge in [0.15, 0.2) is 0 Å². The van der Waals surface area contributed by atoms with Gasteiger partial charge in [0.1, 0.15) is 11.9 Å². The zero-order valence-corrected chi connectivity index (χ0v) is 8.82. The topological polar surface area (TPSA) is 84.0 Å². The lowest BCUT2D eigenvalue weighted by Crippen LogP contribution is -2.21. The third kappa shape index (κ3) is 3.11. The predicted molar refractivity (Wildman–Crippen MR) is 58.3 cm³/mol. The van der Waals surface area contributed by atoms with E-state index >= 15 is 0 Å². The van der Waals surface area contributed by atoms with Gasteiger partial charge in [-0.15, -0.1) is 0 Å². The Bertz CT molecular complexity index is 372. The highest BCUT2D eigenvalue weighted by Crippen LogP contribution is 2.16. The minimum absolute atomic E-state index is 0.115. The van der Waals surface area contributed by atoms with E-state index in [1.165, 1.54) is 6.20 Å². The molecule has 0 bridgehead atoms. The zero-order chi connectivity index (χ0) is 11.3. The van der Waals surface area contributed by atoms with Gasteiger partial charge in [0, 0.05) is 25.4 Å². The molecule has 0 saturated heterocycles. The molecule has 0 saturated carbocycles. The second-order valence-corrected chi connectivity index (χ2v) is 3.27. The summed E-state index contributed by atoms with van der Waals surface area (Å²) in [5, 5.41) is 12.0. The van der Waals surface area contributed by atoms with Gasteiger partial charge >= 0.3 is 0 Å². The van der Waals surface area contributed by atoms with Gasteiger partial charge in [-0.1, -0.05) is 0 Å². The van der Waals surface area contributed by atoms with E-state index in [1.807, 2.05) is 13.0 Å². The van der Waals surface area contributed by atoms with Crippen LogP contribution in [0.3, 0.4) is 0 Å². The molecule has 0 aliphatic heterocycles. The molecule has 1 aromatic heterocycles. The number of pyridine rings is 1. The Morgan fingerprint density at radius 2 is 2.47 bits per heavy atom. The number of nitriles is 1. The van der Waals surface area contributed by atoms with Gasteiger partial charge in [0.25, 0.3) is 0 Å². The number of nitrogens with one attached hydrogen (secondary N) is 1. The van der Waals surface area contributed by atoms with Crippen molar-refractivity contribution in [1.82, 2.24) is 4.98 Å². The molecule has 1 heterocycles. The SMILES string of the molecule is COC[C@H](C)Nc1cc(N)ncc1C#N. The number of aromatic nitrogens is 1. The largest absolute Gasteiger partial charge is 0.384 e. The lowest BCUT2D eigenvalue weighted by atomic mass is 10.2. The van der Waals surface area contributed by atoms with E-state index < -0.39 is 0 Å². The first-order chi connectivity index (χ1) is 7.17. The van der Waals surface area contributed by atoms with Crippen molar-refractivity contribution < 1.29 is 4.74 Å². The van der Waals surface area contributed by atoms with E-state index in [4.69, 9.17) is 15.7 Å². The van der Waals surface area contributed by atoms with Crippen molar-refractivity contribution in [3.63, 3.8) is 0 Å². The van der Waals surface area contributed by atoms with Crippen molar-refractivity contribution in [2.75, 3.05) is 24.8 Å². The highest BCUT2D eigenvalue weighted by Gasteiger charge is 2.06. The third-order valence-corrected chi connectivity index (χ3v) is 1.86. The first-order valence-corrected chi connectivity index (χ1v) is 4.58. The molecule has 1 aromatic rings. The van der Waals surface area contributed by atoms with Crippen molar-refractivity contribution in [3.05, 3.63) is 17.8 Å². The molecular formula is C10H14N4O. The average molecular weight is 206 g/mol. The summed E-state index contributed by atoms with van der Waals surface area (Å²) < 4.78 is 4.99. The monoisotopic (exact) mass is 206 g/mol. The number of nitrogens with two attached hydrogens (primary N) is 1. The fourth-order valence-corrected chi connectivity index (χ4v) is 1.24. The van der Waals surface area contributed by atoms with Crippen LogP contribution < -0.4 is 11.1 Å². The van der Waals surface area contributed by atoms with Crippen LogP contribution in [0.1, 0.15) is 12.5 Å². The Hall–Kier alpha value is -1.80. The molecule has 0 radical (unpaired) electrons. The summed E-state index contributed by atoms with van der Waals surface area (Å²) in [5.74, 6) is 0.390. The van der Waals surface area contributed by atoms with Crippen LogP contribution in [0, 0.1) is 11.3 Å². The second kappa shape index (κ2) is 5.17. The molecule has 0 unspecified atom stereocenters. The molecule has 0 fully saturated rings. The summed E-state index contributed by atoms with van der Waals surface area (Å²) in [4.78, 5) is 3.85. The highest BCUT2D eigenvalue weighted by atomic mass is 16.5. The summed E-state index contributed by atoms with van der Waals surface area (Å²) in [6.07, 6.45) is 1.46. The summed E-state index contributed by atoms with van der Waals surface area (Å²) in [5.41, 5.74) is 6.71. The van der Waals surface area contributed by atoms with Crippen LogP contribution >= 0.6 is 0 Å². The van der Waals surface area contributed by atoms with Crippen molar-refractivity contribution in [3.8, 4) is 6.07 Å². The number of hydrogen-bond acceptors (Lipinski definition) is 5. The molecular weight excluding hydrogens is 192 g/mol. The van der Waals surface area contributed by atoms with Crippen LogP contribution in [0.15, 0.2) is 12.3 Å². The van der Waals surface area contributed by atoms with E-state index in [0.717, 1.165) is 0 Å². The number of nitrogen functional groups attached to an aromatic ring is 1. The van der Waals surface area contributed by atoms with E-state index in [1.54, 1.807) is 13.2 Å². The standard InChI is InChI=1S/C10H14N4O/c1-7(6-15-2)14-9-3-10(12)13-5-8(9)4-11/h3,5,7H,6H2,1-2H3,(H3,12,13,14)/t7-/m0/s1. The minimum atomic E-state index is 0.115. The number of hydrogen-bond donors (Lipinski definition) is 2. The lowest BCUT2D eigenvalue weighted by molar-refractivity contribution is 0.190. The van der Waals surface area contributed by atoms with E-state index in [2.05, 4.69) is 10.3 Å². The molecule has 5 nitrogen and oxygen atoms in total. The van der Waals surface area contributed by atoms with Crippen molar-refractivity contribution in [2.24, 2.45) is 0 Å². The number of nitrogens with zero attached hydrogens (tertiary/aromatic N) is 2. The molecule has 0 aromatic carbocycles. The molecule has 15 heavy (non-hydrogen) atoms. The maximum Gasteiger partial charge on any atom is 0.125 e. The van der Waals surface area contributed by atoms with Gasteiger partial charge in [0.2, 0.25) is 0 Å². The summed E-state index contributed by atoms with van der Waals surface area (Å²) in [6, 6.07) is 3.81. The fraction of sp³-hybridized carbons (Fsp3) is 0.400. The number of rotatable bonds is 4. The summed E-state index contributed by atoms with van der Waals surface area (Å²) in [7, 11) is 1.63. The molecule has 0 aliphatic carbocycles. The first kappa shape index (κ1) is 11.3. The molecule has 3 N–H and O–H groups in total. The number of methoxy groups -OCH3 is 1. The van der Waals surface area contributed by atoms with Crippen molar-refractivity contribution in [2.45, 2.75) is 13.0 Å². The smallest absolute Gasteiger partial charge is 0.125 e. The van der Waals surface area contributed by atoms with Crippen LogP contribution in [0.2, 0.25) is 0 Å². The van der Waals surface area contributed by atoms with Crippen molar-refractivity contribution in [1.29, 1.82) is 5.26 Å². The number of anilines is 2. The van der Waals surface area contributed by atoms with E-state index in [9.17, 15) is 0 Å². The number of ether oxygens (including phenoxy) is 1. The Morgan fingerprint density at radius 3 is 3.07 bits per heavy atom. The Kier molecular flexibility index (Phi) is 3.89. The fourth-order valence-electron chi connectivity index (χ4n) is 1.24. The van der Waals surface area contributed by atoms with Crippen LogP contribution in [-0.4, -0.2) is 24.7 Å². The van der Waals surface area contributed by atoms with E-state index in [0.29, 0.717) is 23.7 Å². The highest BCUT2D eigenvalue weighted by molar-refractivity contribution is 5.61.